The summed E-state index contributed by atoms with van der Waals surface area (Å²) in [6, 6.07) is 13.4. The van der Waals surface area contributed by atoms with E-state index in [0.29, 0.717) is 17.2 Å². The van der Waals surface area contributed by atoms with E-state index in [1.54, 1.807) is 6.07 Å². The number of benzene rings is 2. The second-order valence-electron chi connectivity index (χ2n) is 11.1. The molecule has 2 aliphatic heterocycles. The Balaban J connectivity index is 1.32. The average Bonchev–Trinajstić information content (AvgIpc) is 3.59. The molecule has 2 fully saturated rings. The first-order valence-electron chi connectivity index (χ1n) is 12.6. The van der Waals surface area contributed by atoms with Crippen LogP contribution < -0.4 is 4.74 Å². The molecule has 5 aliphatic rings. The van der Waals surface area contributed by atoms with E-state index in [0.717, 1.165) is 59.9 Å². The van der Waals surface area contributed by atoms with Crippen molar-refractivity contribution in [3.8, 4) is 22.8 Å². The van der Waals surface area contributed by atoms with Gasteiger partial charge in [-0.15, -0.1) is 0 Å². The van der Waals surface area contributed by atoms with Crippen LogP contribution in [0.5, 0.6) is 11.5 Å². The monoisotopic (exact) mass is 487 g/mol. The predicted molar refractivity (Wildman–Crippen MR) is 131 cm³/mol. The molecule has 4 atom stereocenters. The maximum Gasteiger partial charge on any atom is 0.166 e. The maximum atomic E-state index is 12.8. The lowest BCUT2D eigenvalue weighted by molar-refractivity contribution is -0.173. The lowest BCUT2D eigenvalue weighted by Crippen LogP contribution is -2.74. The first kappa shape index (κ1) is 20.5. The Labute approximate surface area is 208 Å². The highest BCUT2D eigenvalue weighted by atomic mass is 35.5. The fraction of sp³-hybridized carbons (Fsp3) is 0.429. The van der Waals surface area contributed by atoms with Gasteiger partial charge in [0.2, 0.25) is 0 Å². The smallest absolute Gasteiger partial charge is 0.166 e. The Hall–Kier alpha value is -2.67. The number of nitrogens with zero attached hydrogens (tertiary/aromatic N) is 3. The van der Waals surface area contributed by atoms with Crippen LogP contribution >= 0.6 is 11.6 Å². The van der Waals surface area contributed by atoms with Crippen LogP contribution in [0.3, 0.4) is 0 Å². The molecule has 3 heterocycles. The van der Waals surface area contributed by atoms with Gasteiger partial charge in [-0.05, 0) is 73.5 Å². The van der Waals surface area contributed by atoms with E-state index < -0.39 is 17.1 Å². The molecule has 0 amide bonds. The molecule has 1 spiro atoms. The van der Waals surface area contributed by atoms with E-state index in [2.05, 4.69) is 16.1 Å². The van der Waals surface area contributed by atoms with Gasteiger partial charge in [0.1, 0.15) is 5.69 Å². The van der Waals surface area contributed by atoms with Crippen LogP contribution in [0.25, 0.3) is 11.3 Å². The molecule has 7 heteroatoms. The van der Waals surface area contributed by atoms with Gasteiger partial charge in [-0.2, -0.15) is 10.2 Å². The molecule has 3 aromatic rings. The van der Waals surface area contributed by atoms with Gasteiger partial charge in [-0.3, -0.25) is 4.90 Å². The fourth-order valence-corrected chi connectivity index (χ4v) is 7.63. The van der Waals surface area contributed by atoms with Gasteiger partial charge < -0.3 is 14.9 Å². The number of rotatable bonds is 3. The molecule has 178 valence electrons. The van der Waals surface area contributed by atoms with E-state index in [4.69, 9.17) is 21.4 Å². The second-order valence-corrected chi connectivity index (χ2v) is 11.5. The number of aliphatic hydroxyl groups is 1. The molecule has 2 bridgehead atoms. The van der Waals surface area contributed by atoms with Crippen molar-refractivity contribution in [2.24, 2.45) is 5.92 Å². The number of phenolic OH excluding ortho intramolecular Hbond substituents is 1. The van der Waals surface area contributed by atoms with Crippen LogP contribution in [0.4, 0.5) is 0 Å². The molecule has 2 N–H and O–H groups in total. The Bertz CT molecular complexity index is 1390. The Kier molecular flexibility index (Phi) is 3.96. The highest BCUT2D eigenvalue weighted by Crippen LogP contribution is 2.68. The summed E-state index contributed by atoms with van der Waals surface area (Å²) in [5.41, 5.74) is 4.01. The van der Waals surface area contributed by atoms with Gasteiger partial charge in [0.15, 0.2) is 17.6 Å². The molecule has 6 nitrogen and oxygen atoms in total. The number of likely N-dealkylation sites (tertiary alicyclic amines) is 1. The molecule has 0 radical (unpaired) electrons. The third-order valence-corrected chi connectivity index (χ3v) is 9.52. The number of hydrogen-bond donors (Lipinski definition) is 2. The van der Waals surface area contributed by atoms with Crippen LogP contribution in [0.1, 0.15) is 47.8 Å². The molecule has 1 saturated carbocycles. The summed E-state index contributed by atoms with van der Waals surface area (Å²) >= 11 is 6.09. The molecule has 2 aromatic carbocycles. The normalized spacial score (nSPS) is 32.1. The zero-order valence-corrected chi connectivity index (χ0v) is 20.0. The lowest BCUT2D eigenvalue weighted by atomic mass is 9.49. The van der Waals surface area contributed by atoms with E-state index in [1.165, 1.54) is 18.4 Å². The van der Waals surface area contributed by atoms with Gasteiger partial charge >= 0.3 is 0 Å². The van der Waals surface area contributed by atoms with Gasteiger partial charge in [-0.1, -0.05) is 29.8 Å². The number of halogens is 1. The third kappa shape index (κ3) is 2.57. The van der Waals surface area contributed by atoms with Crippen molar-refractivity contribution in [3.05, 3.63) is 69.9 Å². The van der Waals surface area contributed by atoms with Crippen molar-refractivity contribution in [1.82, 2.24) is 15.1 Å². The number of fused-ring (bicyclic) bond motifs is 2. The number of aromatic hydroxyl groups is 1. The van der Waals surface area contributed by atoms with Crippen LogP contribution in [0.2, 0.25) is 5.02 Å². The van der Waals surface area contributed by atoms with Crippen LogP contribution in [-0.4, -0.2) is 50.0 Å². The topological polar surface area (TPSA) is 78.7 Å². The van der Waals surface area contributed by atoms with E-state index >= 15 is 0 Å². The summed E-state index contributed by atoms with van der Waals surface area (Å²) < 4.78 is 6.54. The Morgan fingerprint density at radius 3 is 2.71 bits per heavy atom. The largest absolute Gasteiger partial charge is 0.504 e. The summed E-state index contributed by atoms with van der Waals surface area (Å²) in [4.78, 5) is 2.54. The van der Waals surface area contributed by atoms with E-state index in [1.807, 2.05) is 30.3 Å². The number of phenols is 1. The third-order valence-electron chi connectivity index (χ3n) is 9.27. The van der Waals surface area contributed by atoms with Crippen molar-refractivity contribution < 1.29 is 14.9 Å². The zero-order chi connectivity index (χ0) is 23.5. The number of ether oxygens (including phenoxy) is 1. The lowest BCUT2D eigenvalue weighted by Gasteiger charge is -2.62. The van der Waals surface area contributed by atoms with Crippen molar-refractivity contribution >= 4 is 11.6 Å². The van der Waals surface area contributed by atoms with Crippen LogP contribution in [0, 0.1) is 5.92 Å². The summed E-state index contributed by atoms with van der Waals surface area (Å²) in [5.74, 6) is 1.41. The first-order chi connectivity index (χ1) is 17.0. The van der Waals surface area contributed by atoms with E-state index in [-0.39, 0.29) is 11.8 Å². The SMILES string of the molecule is Oc1ccc2c3c1O[C@H]1c4nnc(-c5ccc(Cl)cc5)cc4C[C@@]4(O)[C@@H](C2)N(CC2CC2)CC[C@]314. The van der Waals surface area contributed by atoms with E-state index in [9.17, 15) is 10.2 Å². The molecule has 1 aromatic heterocycles. The number of piperidine rings is 1. The molecule has 1 saturated heterocycles. The highest BCUT2D eigenvalue weighted by Gasteiger charge is 2.72. The summed E-state index contributed by atoms with van der Waals surface area (Å²) in [6.07, 6.45) is 4.16. The highest BCUT2D eigenvalue weighted by molar-refractivity contribution is 6.30. The minimum absolute atomic E-state index is 0.00578. The minimum Gasteiger partial charge on any atom is -0.504 e. The van der Waals surface area contributed by atoms with Crippen LogP contribution in [-0.2, 0) is 18.3 Å². The molecular weight excluding hydrogens is 462 g/mol. The van der Waals surface area contributed by atoms with Gasteiger partial charge in [-0.25, -0.2) is 0 Å². The fourth-order valence-electron chi connectivity index (χ4n) is 7.51. The molecule has 8 rings (SSSR count). The summed E-state index contributed by atoms with van der Waals surface area (Å²) in [6.45, 7) is 1.97. The Morgan fingerprint density at radius 1 is 1.09 bits per heavy atom. The standard InChI is InChI=1S/C28H26ClN3O3/c29-19-6-3-16(4-7-19)20-11-18-13-28(34)22-12-17-5-8-21(33)25-23(17)27(28,26(35-25)24(18)31-30-20)9-10-32(22)14-15-1-2-15/h3-8,11,15,22,26,33-34H,1-2,9-10,12-14H2/t22-,26+,27+,28-/m1/s1. The molecule has 0 unspecified atom stereocenters. The number of hydrogen-bond acceptors (Lipinski definition) is 6. The predicted octanol–water partition coefficient (Wildman–Crippen LogP) is 4.20. The quantitative estimate of drug-likeness (QED) is 0.576. The summed E-state index contributed by atoms with van der Waals surface area (Å²) in [7, 11) is 0. The van der Waals surface area contributed by atoms with Gasteiger partial charge in [0, 0.05) is 35.2 Å². The average molecular weight is 488 g/mol. The van der Waals surface area contributed by atoms with Crippen molar-refractivity contribution in [2.75, 3.05) is 13.1 Å². The van der Waals surface area contributed by atoms with Gasteiger partial charge in [0.05, 0.1) is 16.7 Å². The number of aromatic nitrogens is 2. The summed E-state index contributed by atoms with van der Waals surface area (Å²) in [5, 5.41) is 33.5. The molecule has 35 heavy (non-hydrogen) atoms. The maximum absolute atomic E-state index is 12.8. The first-order valence-corrected chi connectivity index (χ1v) is 13.0. The van der Waals surface area contributed by atoms with Crippen molar-refractivity contribution in [1.29, 1.82) is 0 Å². The van der Waals surface area contributed by atoms with Crippen LogP contribution in [0.15, 0.2) is 42.5 Å². The van der Waals surface area contributed by atoms with Gasteiger partial charge in [0.25, 0.3) is 0 Å². The van der Waals surface area contributed by atoms with Crippen molar-refractivity contribution in [2.45, 2.75) is 55.3 Å². The second kappa shape index (κ2) is 6.75. The molecule has 3 aliphatic carbocycles. The minimum atomic E-state index is -1.01. The zero-order valence-electron chi connectivity index (χ0n) is 19.2. The Morgan fingerprint density at radius 2 is 1.91 bits per heavy atom. The van der Waals surface area contributed by atoms with Crippen molar-refractivity contribution in [3.63, 3.8) is 0 Å². The molecular formula is C28H26ClN3O3.